The van der Waals surface area contributed by atoms with Crippen molar-refractivity contribution in [3.8, 4) is 0 Å². The lowest BCUT2D eigenvalue weighted by Crippen LogP contribution is -2.46. The summed E-state index contributed by atoms with van der Waals surface area (Å²) in [6.45, 7) is 3.92. The SMILES string of the molecule is CCCCCCCCCCCCCC/C=C/[N+](CCCC(=O)[O-])(CCCC(=O)O)CCCC(=O)O. The second-order valence-corrected chi connectivity index (χ2v) is 9.92. The van der Waals surface area contributed by atoms with Crippen LogP contribution in [0.5, 0.6) is 0 Å². The summed E-state index contributed by atoms with van der Waals surface area (Å²) in [7, 11) is 0. The number of nitrogens with zero attached hydrogens (tertiary/aromatic N) is 1. The third-order valence-corrected chi connectivity index (χ3v) is 6.62. The van der Waals surface area contributed by atoms with Gasteiger partial charge in [-0.05, 0) is 25.3 Å². The minimum absolute atomic E-state index is 0.0476. The lowest BCUT2D eigenvalue weighted by Gasteiger charge is -2.35. The summed E-state index contributed by atoms with van der Waals surface area (Å²) in [4.78, 5) is 32.9. The van der Waals surface area contributed by atoms with Crippen LogP contribution in [0.15, 0.2) is 12.3 Å². The molecule has 0 heterocycles. The Kier molecular flexibility index (Phi) is 21.3. The van der Waals surface area contributed by atoms with Gasteiger partial charge in [-0.25, -0.2) is 0 Å². The van der Waals surface area contributed by atoms with Crippen LogP contribution in [0, 0.1) is 0 Å². The van der Waals surface area contributed by atoms with E-state index < -0.39 is 17.9 Å². The van der Waals surface area contributed by atoms with Crippen LogP contribution in [0.3, 0.4) is 0 Å². The lowest BCUT2D eigenvalue weighted by atomic mass is 10.0. The third-order valence-electron chi connectivity index (χ3n) is 6.62. The first-order valence-corrected chi connectivity index (χ1v) is 14.0. The van der Waals surface area contributed by atoms with Crippen molar-refractivity contribution in [2.24, 2.45) is 0 Å². The number of carbonyl (C=O) groups excluding carboxylic acids is 1. The van der Waals surface area contributed by atoms with Gasteiger partial charge >= 0.3 is 11.9 Å². The van der Waals surface area contributed by atoms with Crippen molar-refractivity contribution >= 4 is 17.9 Å². The molecule has 0 bridgehead atoms. The molecule has 0 unspecified atom stereocenters. The van der Waals surface area contributed by atoms with E-state index in [9.17, 15) is 19.5 Å². The van der Waals surface area contributed by atoms with Crippen LogP contribution in [-0.2, 0) is 14.4 Å². The van der Waals surface area contributed by atoms with E-state index in [1.54, 1.807) is 0 Å². The minimum atomic E-state index is -1.10. The van der Waals surface area contributed by atoms with Crippen LogP contribution in [0.2, 0.25) is 0 Å². The van der Waals surface area contributed by atoms with Gasteiger partial charge in [0.15, 0.2) is 0 Å². The maximum atomic E-state index is 11.0. The van der Waals surface area contributed by atoms with Gasteiger partial charge in [-0.3, -0.25) is 14.1 Å². The molecule has 0 aliphatic rings. The van der Waals surface area contributed by atoms with Gasteiger partial charge in [-0.2, -0.15) is 0 Å². The number of hydrogen-bond acceptors (Lipinski definition) is 4. The van der Waals surface area contributed by atoms with Crippen LogP contribution >= 0.6 is 0 Å². The number of hydrogen-bond donors (Lipinski definition) is 2. The van der Waals surface area contributed by atoms with E-state index in [0.717, 1.165) is 12.8 Å². The maximum absolute atomic E-state index is 11.0. The van der Waals surface area contributed by atoms with Crippen molar-refractivity contribution < 1.29 is 34.2 Å². The highest BCUT2D eigenvalue weighted by Crippen LogP contribution is 2.18. The summed E-state index contributed by atoms with van der Waals surface area (Å²) in [5.74, 6) is -2.81. The van der Waals surface area contributed by atoms with Crippen LogP contribution in [0.25, 0.3) is 0 Å². The Balaban J connectivity index is 4.49. The van der Waals surface area contributed by atoms with Crippen LogP contribution in [0.4, 0.5) is 0 Å². The molecule has 0 saturated carbocycles. The van der Waals surface area contributed by atoms with Crippen LogP contribution in [-0.4, -0.2) is 52.2 Å². The van der Waals surface area contributed by atoms with Crippen LogP contribution < -0.4 is 5.11 Å². The van der Waals surface area contributed by atoms with Crippen molar-refractivity contribution in [3.63, 3.8) is 0 Å². The summed E-state index contributed by atoms with van der Waals surface area (Å²) < 4.78 is 0.437. The molecule has 0 aliphatic heterocycles. The summed E-state index contributed by atoms with van der Waals surface area (Å²) >= 11 is 0. The van der Waals surface area contributed by atoms with Gasteiger partial charge in [0.1, 0.15) is 0 Å². The zero-order chi connectivity index (χ0) is 26.2. The Hall–Kier alpha value is -1.89. The second kappa shape index (κ2) is 22.6. The fourth-order valence-corrected chi connectivity index (χ4v) is 4.59. The average molecular weight is 498 g/mol. The fraction of sp³-hybridized carbons (Fsp3) is 0.821. The molecular weight excluding hydrogens is 446 g/mol. The Labute approximate surface area is 213 Å². The first-order valence-electron chi connectivity index (χ1n) is 14.0. The number of allylic oxidation sites excluding steroid dienone is 1. The lowest BCUT2D eigenvalue weighted by molar-refractivity contribution is -0.880. The second-order valence-electron chi connectivity index (χ2n) is 9.92. The van der Waals surface area contributed by atoms with Gasteiger partial charge in [0.2, 0.25) is 0 Å². The molecule has 0 aromatic heterocycles. The number of unbranched alkanes of at least 4 members (excludes halogenated alkanes) is 12. The molecule has 0 radical (unpaired) electrons. The molecule has 0 aromatic rings. The first kappa shape index (κ1) is 33.1. The molecule has 0 atom stereocenters. The van der Waals surface area contributed by atoms with E-state index in [1.165, 1.54) is 70.6 Å². The van der Waals surface area contributed by atoms with E-state index in [2.05, 4.69) is 19.2 Å². The normalized spacial score (nSPS) is 11.8. The molecular formula is C28H51NO6. The van der Waals surface area contributed by atoms with Gasteiger partial charge in [-0.15, -0.1) is 0 Å². The fourth-order valence-electron chi connectivity index (χ4n) is 4.59. The topological polar surface area (TPSA) is 115 Å². The molecule has 0 saturated heterocycles. The number of quaternary nitrogens is 1. The standard InChI is InChI=1S/C28H51NO6/c1-2-3-4-5-6-7-8-9-10-11-12-13-14-15-22-29(23-16-19-26(30)31,24-17-20-27(32)33)25-18-21-28(34)35/h15,22H,2-14,16-21,23-25H2,1H3,(H2-,30,31,32,33,34,35)/b22-15+. The molecule has 0 amide bonds. The third kappa shape index (κ3) is 22.3. The number of aliphatic carboxylic acids is 3. The first-order chi connectivity index (χ1) is 16.8. The van der Waals surface area contributed by atoms with Crippen molar-refractivity contribution in [1.82, 2.24) is 0 Å². The highest BCUT2D eigenvalue weighted by Gasteiger charge is 2.24. The number of rotatable bonds is 26. The number of carboxylic acids is 3. The Morgan fingerprint density at radius 2 is 1.03 bits per heavy atom. The van der Waals surface area contributed by atoms with Gasteiger partial charge < -0.3 is 20.1 Å². The Morgan fingerprint density at radius 3 is 1.43 bits per heavy atom. The van der Waals surface area contributed by atoms with Crippen molar-refractivity contribution in [2.75, 3.05) is 19.6 Å². The predicted octanol–water partition coefficient (Wildman–Crippen LogP) is 5.67. The van der Waals surface area contributed by atoms with E-state index in [1.807, 2.05) is 0 Å². The van der Waals surface area contributed by atoms with E-state index in [4.69, 9.17) is 10.2 Å². The van der Waals surface area contributed by atoms with Crippen molar-refractivity contribution in [3.05, 3.63) is 12.3 Å². The minimum Gasteiger partial charge on any atom is -0.550 e. The zero-order valence-corrected chi connectivity index (χ0v) is 22.2. The molecule has 0 rings (SSSR count). The molecule has 7 nitrogen and oxygen atoms in total. The summed E-state index contributed by atoms with van der Waals surface area (Å²) in [6, 6.07) is 0. The van der Waals surface area contributed by atoms with E-state index in [0.29, 0.717) is 43.4 Å². The zero-order valence-electron chi connectivity index (χ0n) is 22.2. The van der Waals surface area contributed by atoms with E-state index in [-0.39, 0.29) is 19.3 Å². The van der Waals surface area contributed by atoms with Crippen LogP contribution in [0.1, 0.15) is 129 Å². The van der Waals surface area contributed by atoms with Crippen molar-refractivity contribution in [2.45, 2.75) is 129 Å². The summed E-state index contributed by atoms with van der Waals surface area (Å²) in [5.41, 5.74) is 0. The molecule has 0 aromatic carbocycles. The highest BCUT2D eigenvalue weighted by atomic mass is 16.4. The average Bonchev–Trinajstić information content (AvgIpc) is 2.78. The highest BCUT2D eigenvalue weighted by molar-refractivity contribution is 5.66. The monoisotopic (exact) mass is 497 g/mol. The summed E-state index contributed by atoms with van der Waals surface area (Å²) in [5, 5.41) is 29.0. The number of carboxylic acid groups (broad SMARTS) is 3. The molecule has 7 heteroatoms. The molecule has 0 aliphatic carbocycles. The smallest absolute Gasteiger partial charge is 0.303 e. The van der Waals surface area contributed by atoms with Gasteiger partial charge in [0.05, 0.1) is 38.7 Å². The van der Waals surface area contributed by atoms with Gasteiger partial charge in [0, 0.05) is 25.2 Å². The number of carbonyl (C=O) groups is 3. The molecule has 0 fully saturated rings. The Bertz CT molecular complexity index is 540. The molecule has 0 spiro atoms. The largest absolute Gasteiger partial charge is 0.550 e. The van der Waals surface area contributed by atoms with E-state index >= 15 is 0 Å². The molecule has 204 valence electrons. The maximum Gasteiger partial charge on any atom is 0.303 e. The molecule has 35 heavy (non-hydrogen) atoms. The van der Waals surface area contributed by atoms with Crippen molar-refractivity contribution in [1.29, 1.82) is 0 Å². The quantitative estimate of drug-likeness (QED) is 0.118. The Morgan fingerprint density at radius 1 is 0.629 bits per heavy atom. The molecule has 2 N–H and O–H groups in total. The van der Waals surface area contributed by atoms with Gasteiger partial charge in [0.25, 0.3) is 0 Å². The van der Waals surface area contributed by atoms with Gasteiger partial charge in [-0.1, -0.05) is 77.6 Å². The predicted molar refractivity (Wildman–Crippen MR) is 138 cm³/mol. The summed E-state index contributed by atoms with van der Waals surface area (Å²) in [6.07, 6.45) is 22.1.